The predicted octanol–water partition coefficient (Wildman–Crippen LogP) is 2.44. The Kier molecular flexibility index (Phi) is 4.25. The van der Waals surface area contributed by atoms with Gasteiger partial charge >= 0.3 is 0 Å². The third-order valence-electron chi connectivity index (χ3n) is 3.99. The summed E-state index contributed by atoms with van der Waals surface area (Å²) in [7, 11) is 0. The van der Waals surface area contributed by atoms with Gasteiger partial charge in [0.1, 0.15) is 0 Å². The first-order chi connectivity index (χ1) is 9.04. The molecule has 1 aromatic rings. The highest BCUT2D eigenvalue weighted by Crippen LogP contribution is 2.31. The highest BCUT2D eigenvalue weighted by molar-refractivity contribution is 5.96. The van der Waals surface area contributed by atoms with Gasteiger partial charge in [0.25, 0.3) is 0 Å². The van der Waals surface area contributed by atoms with Crippen molar-refractivity contribution in [3.05, 3.63) is 29.8 Å². The molecule has 2 unspecified atom stereocenters. The van der Waals surface area contributed by atoms with Gasteiger partial charge in [-0.1, -0.05) is 39.0 Å². The molecule has 3 heteroatoms. The van der Waals surface area contributed by atoms with Gasteiger partial charge in [0.2, 0.25) is 5.91 Å². The third-order valence-corrected chi connectivity index (χ3v) is 3.99. The Morgan fingerprint density at radius 2 is 2.11 bits per heavy atom. The summed E-state index contributed by atoms with van der Waals surface area (Å²) in [6, 6.07) is 8.22. The minimum absolute atomic E-state index is 0.0849. The quantitative estimate of drug-likeness (QED) is 0.907. The summed E-state index contributed by atoms with van der Waals surface area (Å²) in [6.45, 7) is 7.55. The molecule has 0 saturated carbocycles. The molecule has 0 aromatic heterocycles. The minimum atomic E-state index is -0.0849. The molecule has 19 heavy (non-hydrogen) atoms. The maximum Gasteiger partial charge on any atom is 0.231 e. The maximum atomic E-state index is 12.7. The SMILES string of the molecule is CC1Cc2ccccc2N(C(=O)C(CN)C(C)C)C1. The van der Waals surface area contributed by atoms with Crippen LogP contribution in [0.4, 0.5) is 5.69 Å². The second kappa shape index (κ2) is 5.74. The lowest BCUT2D eigenvalue weighted by atomic mass is 9.90. The van der Waals surface area contributed by atoms with E-state index in [1.54, 1.807) is 0 Å². The molecule has 2 N–H and O–H groups in total. The average molecular weight is 260 g/mol. The molecule has 0 aliphatic carbocycles. The van der Waals surface area contributed by atoms with Gasteiger partial charge in [-0.25, -0.2) is 0 Å². The molecule has 1 amide bonds. The fourth-order valence-electron chi connectivity index (χ4n) is 2.86. The Hall–Kier alpha value is -1.35. The number of fused-ring (bicyclic) bond motifs is 1. The highest BCUT2D eigenvalue weighted by Gasteiger charge is 2.31. The number of hydrogen-bond donors (Lipinski definition) is 1. The molecular formula is C16H24N2O. The van der Waals surface area contributed by atoms with Crippen molar-refractivity contribution in [2.75, 3.05) is 18.0 Å². The molecule has 1 aliphatic rings. The van der Waals surface area contributed by atoms with Crippen LogP contribution in [0, 0.1) is 17.8 Å². The standard InChI is InChI=1S/C16H24N2O/c1-11(2)14(9-17)16(19)18-10-12(3)8-13-6-4-5-7-15(13)18/h4-7,11-12,14H,8-10,17H2,1-3H3. The number of amides is 1. The Balaban J connectivity index is 2.32. The lowest BCUT2D eigenvalue weighted by Gasteiger charge is -2.36. The zero-order valence-electron chi connectivity index (χ0n) is 12.1. The van der Waals surface area contributed by atoms with E-state index in [9.17, 15) is 4.79 Å². The summed E-state index contributed by atoms with van der Waals surface area (Å²) >= 11 is 0. The van der Waals surface area contributed by atoms with E-state index in [1.165, 1.54) is 5.56 Å². The van der Waals surface area contributed by atoms with Crippen LogP contribution in [0.5, 0.6) is 0 Å². The number of nitrogens with two attached hydrogens (primary N) is 1. The van der Waals surface area contributed by atoms with Gasteiger partial charge in [-0.05, 0) is 29.9 Å². The molecule has 1 aliphatic heterocycles. The Morgan fingerprint density at radius 3 is 2.74 bits per heavy atom. The molecule has 3 nitrogen and oxygen atoms in total. The van der Waals surface area contributed by atoms with Crippen LogP contribution in [0.15, 0.2) is 24.3 Å². The molecule has 0 fully saturated rings. The topological polar surface area (TPSA) is 46.3 Å². The summed E-state index contributed by atoms with van der Waals surface area (Å²) in [5.41, 5.74) is 8.13. The summed E-state index contributed by atoms with van der Waals surface area (Å²) in [5, 5.41) is 0. The van der Waals surface area contributed by atoms with Gasteiger partial charge in [-0.3, -0.25) is 4.79 Å². The van der Waals surface area contributed by atoms with E-state index >= 15 is 0 Å². The van der Waals surface area contributed by atoms with E-state index < -0.39 is 0 Å². The predicted molar refractivity (Wildman–Crippen MR) is 79.0 cm³/mol. The first-order valence-electron chi connectivity index (χ1n) is 7.14. The van der Waals surface area contributed by atoms with Gasteiger partial charge in [-0.2, -0.15) is 0 Å². The number of benzene rings is 1. The molecule has 104 valence electrons. The van der Waals surface area contributed by atoms with E-state index in [4.69, 9.17) is 5.73 Å². The first kappa shape index (κ1) is 14.1. The van der Waals surface area contributed by atoms with Crippen molar-refractivity contribution in [3.63, 3.8) is 0 Å². The molecule has 2 atom stereocenters. The van der Waals surface area contributed by atoms with Crippen LogP contribution < -0.4 is 10.6 Å². The van der Waals surface area contributed by atoms with Crippen molar-refractivity contribution in [1.82, 2.24) is 0 Å². The van der Waals surface area contributed by atoms with Crippen molar-refractivity contribution >= 4 is 11.6 Å². The second-order valence-electron chi connectivity index (χ2n) is 5.97. The van der Waals surface area contributed by atoms with Crippen LogP contribution in [0.1, 0.15) is 26.3 Å². The van der Waals surface area contributed by atoms with Gasteiger partial charge in [-0.15, -0.1) is 0 Å². The van der Waals surface area contributed by atoms with Crippen LogP contribution in [-0.4, -0.2) is 19.0 Å². The Morgan fingerprint density at radius 1 is 1.42 bits per heavy atom. The fourth-order valence-corrected chi connectivity index (χ4v) is 2.86. The molecule has 0 radical (unpaired) electrons. The lowest BCUT2D eigenvalue weighted by molar-refractivity contribution is -0.123. The minimum Gasteiger partial charge on any atom is -0.330 e. The average Bonchev–Trinajstić information content (AvgIpc) is 2.37. The molecule has 0 spiro atoms. The lowest BCUT2D eigenvalue weighted by Crippen LogP contribution is -2.45. The summed E-state index contributed by atoms with van der Waals surface area (Å²) in [6.07, 6.45) is 1.05. The number of hydrogen-bond acceptors (Lipinski definition) is 2. The maximum absolute atomic E-state index is 12.7. The molecule has 2 rings (SSSR count). The smallest absolute Gasteiger partial charge is 0.231 e. The van der Waals surface area contributed by atoms with Crippen LogP contribution in [0.2, 0.25) is 0 Å². The van der Waals surface area contributed by atoms with E-state index in [-0.39, 0.29) is 17.7 Å². The van der Waals surface area contributed by atoms with Crippen molar-refractivity contribution in [1.29, 1.82) is 0 Å². The summed E-state index contributed by atoms with van der Waals surface area (Å²) < 4.78 is 0. The van der Waals surface area contributed by atoms with E-state index in [2.05, 4.69) is 26.8 Å². The van der Waals surface area contributed by atoms with Crippen molar-refractivity contribution in [2.24, 2.45) is 23.5 Å². The number of carbonyl (C=O) groups is 1. The van der Waals surface area contributed by atoms with Gasteiger partial charge in [0.05, 0.1) is 5.92 Å². The van der Waals surface area contributed by atoms with Gasteiger partial charge < -0.3 is 10.6 Å². The van der Waals surface area contributed by atoms with E-state index in [0.29, 0.717) is 12.5 Å². The zero-order valence-corrected chi connectivity index (χ0v) is 12.1. The van der Waals surface area contributed by atoms with Crippen molar-refractivity contribution in [3.8, 4) is 0 Å². The Labute approximate surface area is 115 Å². The first-order valence-corrected chi connectivity index (χ1v) is 7.14. The monoisotopic (exact) mass is 260 g/mol. The normalized spacial score (nSPS) is 20.3. The third kappa shape index (κ3) is 2.81. The number of para-hydroxylation sites is 1. The van der Waals surface area contributed by atoms with Crippen molar-refractivity contribution in [2.45, 2.75) is 27.2 Å². The number of anilines is 1. The van der Waals surface area contributed by atoms with Crippen LogP contribution in [0.25, 0.3) is 0 Å². The van der Waals surface area contributed by atoms with Crippen LogP contribution in [0.3, 0.4) is 0 Å². The summed E-state index contributed by atoms with van der Waals surface area (Å²) in [5.74, 6) is 0.876. The van der Waals surface area contributed by atoms with E-state index in [1.807, 2.05) is 23.1 Å². The molecule has 0 bridgehead atoms. The summed E-state index contributed by atoms with van der Waals surface area (Å²) in [4.78, 5) is 14.7. The van der Waals surface area contributed by atoms with Gasteiger partial charge in [0.15, 0.2) is 0 Å². The largest absolute Gasteiger partial charge is 0.330 e. The number of rotatable bonds is 3. The van der Waals surface area contributed by atoms with Crippen LogP contribution >= 0.6 is 0 Å². The zero-order chi connectivity index (χ0) is 14.0. The number of carbonyl (C=O) groups excluding carboxylic acids is 1. The molecule has 1 heterocycles. The van der Waals surface area contributed by atoms with Crippen molar-refractivity contribution < 1.29 is 4.79 Å². The van der Waals surface area contributed by atoms with Crippen LogP contribution in [-0.2, 0) is 11.2 Å². The Bertz CT molecular complexity index is 456. The fraction of sp³-hybridized carbons (Fsp3) is 0.562. The molecule has 0 saturated heterocycles. The van der Waals surface area contributed by atoms with Gasteiger partial charge in [0, 0.05) is 18.8 Å². The second-order valence-corrected chi connectivity index (χ2v) is 5.97. The molecule has 1 aromatic carbocycles. The van der Waals surface area contributed by atoms with E-state index in [0.717, 1.165) is 18.7 Å². The molecular weight excluding hydrogens is 236 g/mol. The highest BCUT2D eigenvalue weighted by atomic mass is 16.2. The number of nitrogens with zero attached hydrogens (tertiary/aromatic N) is 1.